The fourth-order valence-electron chi connectivity index (χ4n) is 4.43. The van der Waals surface area contributed by atoms with E-state index in [1.807, 2.05) is 12.3 Å². The summed E-state index contributed by atoms with van der Waals surface area (Å²) in [5.41, 5.74) is 8.68. The van der Waals surface area contributed by atoms with Crippen molar-refractivity contribution in [1.82, 2.24) is 10.3 Å². The molecule has 0 aliphatic rings. The standard InChI is InChI=1S/C29H33N2O3P/c1-22-7-2-3-9-24(22)10-4-8-23-12-14-25(15-13-23)27-17-16-26(29-28(27)11-5-19-31-29)21-30-18-6-20-34-35(32)33/h2-3,5,7,9,11-17,19,30,35H,4,6,8,10,18,20-21H2,1H3,(H,32,33). The average molecular weight is 489 g/mol. The highest BCUT2D eigenvalue weighted by Gasteiger charge is 2.09. The summed E-state index contributed by atoms with van der Waals surface area (Å²) in [6.07, 6.45) is 5.83. The number of aromatic nitrogens is 1. The molecule has 1 atom stereocenters. The van der Waals surface area contributed by atoms with Crippen LogP contribution >= 0.6 is 8.25 Å². The molecule has 3 aromatic carbocycles. The first-order chi connectivity index (χ1) is 17.1. The highest BCUT2D eigenvalue weighted by atomic mass is 31.1. The first-order valence-electron chi connectivity index (χ1n) is 12.2. The Balaban J connectivity index is 1.40. The molecule has 0 spiro atoms. The normalized spacial score (nSPS) is 12.2. The summed E-state index contributed by atoms with van der Waals surface area (Å²) in [5.74, 6) is 0. The maximum atomic E-state index is 10.6. The third-order valence-electron chi connectivity index (χ3n) is 6.33. The van der Waals surface area contributed by atoms with E-state index in [0.717, 1.165) is 35.7 Å². The molecule has 0 aliphatic carbocycles. The summed E-state index contributed by atoms with van der Waals surface area (Å²) in [6.45, 7) is 3.85. The molecule has 0 fully saturated rings. The zero-order chi connectivity index (χ0) is 24.5. The third kappa shape index (κ3) is 7.09. The van der Waals surface area contributed by atoms with Crippen molar-refractivity contribution in [3.63, 3.8) is 0 Å². The van der Waals surface area contributed by atoms with Gasteiger partial charge < -0.3 is 14.7 Å². The minimum Gasteiger partial charge on any atom is -0.326 e. The van der Waals surface area contributed by atoms with Gasteiger partial charge in [0.1, 0.15) is 0 Å². The number of hydrogen-bond acceptors (Lipinski definition) is 4. The van der Waals surface area contributed by atoms with E-state index in [9.17, 15) is 4.57 Å². The van der Waals surface area contributed by atoms with Crippen LogP contribution in [0.2, 0.25) is 0 Å². The van der Waals surface area contributed by atoms with Gasteiger partial charge in [-0.1, -0.05) is 66.7 Å². The van der Waals surface area contributed by atoms with Crippen LogP contribution in [-0.4, -0.2) is 23.0 Å². The van der Waals surface area contributed by atoms with Crippen LogP contribution in [0, 0.1) is 6.92 Å². The van der Waals surface area contributed by atoms with E-state index in [1.165, 1.54) is 27.8 Å². The average Bonchev–Trinajstić information content (AvgIpc) is 2.87. The van der Waals surface area contributed by atoms with Crippen LogP contribution in [0.25, 0.3) is 22.0 Å². The van der Waals surface area contributed by atoms with Gasteiger partial charge in [-0.15, -0.1) is 0 Å². The molecule has 2 N–H and O–H groups in total. The lowest BCUT2D eigenvalue weighted by Gasteiger charge is -2.12. The summed E-state index contributed by atoms with van der Waals surface area (Å²) in [4.78, 5) is 13.4. The Kier molecular flexibility index (Phi) is 9.21. The smallest absolute Gasteiger partial charge is 0.316 e. The van der Waals surface area contributed by atoms with Crippen molar-refractivity contribution < 1.29 is 14.0 Å². The van der Waals surface area contributed by atoms with Crippen LogP contribution in [-0.2, 0) is 28.5 Å². The number of pyridine rings is 1. The predicted molar refractivity (Wildman–Crippen MR) is 144 cm³/mol. The molecule has 1 aromatic heterocycles. The molecule has 6 heteroatoms. The molecule has 0 aliphatic heterocycles. The van der Waals surface area contributed by atoms with E-state index in [-0.39, 0.29) is 6.61 Å². The van der Waals surface area contributed by atoms with Crippen molar-refractivity contribution in [2.45, 2.75) is 39.2 Å². The molecule has 5 nitrogen and oxygen atoms in total. The van der Waals surface area contributed by atoms with E-state index in [1.54, 1.807) is 0 Å². The first kappa shape index (κ1) is 25.3. The summed E-state index contributed by atoms with van der Waals surface area (Å²) >= 11 is 0. The quantitative estimate of drug-likeness (QED) is 0.182. The van der Waals surface area contributed by atoms with Gasteiger partial charge in [0.05, 0.1) is 12.1 Å². The molecule has 35 heavy (non-hydrogen) atoms. The largest absolute Gasteiger partial charge is 0.326 e. The number of benzene rings is 3. The lowest BCUT2D eigenvalue weighted by Crippen LogP contribution is -2.16. The van der Waals surface area contributed by atoms with Crippen LogP contribution < -0.4 is 5.32 Å². The number of hydrogen-bond donors (Lipinski definition) is 2. The molecule has 4 aromatic rings. The number of nitrogens with zero attached hydrogens (tertiary/aromatic N) is 1. The van der Waals surface area contributed by atoms with E-state index >= 15 is 0 Å². The number of rotatable bonds is 12. The van der Waals surface area contributed by atoms with Gasteiger partial charge in [-0.2, -0.15) is 0 Å². The summed E-state index contributed by atoms with van der Waals surface area (Å²) in [7, 11) is -2.84. The van der Waals surface area contributed by atoms with Crippen LogP contribution in [0.3, 0.4) is 0 Å². The Labute approximate surface area is 208 Å². The van der Waals surface area contributed by atoms with Gasteiger partial charge >= 0.3 is 8.25 Å². The summed E-state index contributed by atoms with van der Waals surface area (Å²) in [6, 6.07) is 26.0. The Hall–Kier alpha value is -2.82. The van der Waals surface area contributed by atoms with Gasteiger partial charge in [0.25, 0.3) is 0 Å². The van der Waals surface area contributed by atoms with Gasteiger partial charge in [0.2, 0.25) is 0 Å². The SMILES string of the molecule is Cc1ccccc1CCCc1ccc(-c2ccc(CNCCCO[PH](=O)O)c3ncccc23)cc1. The number of fused-ring (bicyclic) bond motifs is 1. The highest BCUT2D eigenvalue weighted by molar-refractivity contribution is 7.32. The molecule has 0 radical (unpaired) electrons. The molecule has 0 saturated carbocycles. The number of nitrogens with one attached hydrogen (secondary N) is 1. The third-order valence-corrected chi connectivity index (χ3v) is 6.78. The molecule has 1 unspecified atom stereocenters. The Morgan fingerprint density at radius 2 is 1.74 bits per heavy atom. The van der Waals surface area contributed by atoms with E-state index in [0.29, 0.717) is 19.5 Å². The molecular formula is C29H33N2O3P. The van der Waals surface area contributed by atoms with Gasteiger partial charge in [-0.25, -0.2) is 0 Å². The van der Waals surface area contributed by atoms with E-state index < -0.39 is 8.25 Å². The lowest BCUT2D eigenvalue weighted by molar-refractivity contribution is 0.276. The Morgan fingerprint density at radius 1 is 0.914 bits per heavy atom. The Bertz CT molecular complexity index is 1270. The van der Waals surface area contributed by atoms with Crippen LogP contribution in [0.4, 0.5) is 0 Å². The predicted octanol–water partition coefficient (Wildman–Crippen LogP) is 6.26. The molecular weight excluding hydrogens is 455 g/mol. The van der Waals surface area contributed by atoms with Gasteiger partial charge in [0.15, 0.2) is 0 Å². The molecule has 1 heterocycles. The zero-order valence-electron chi connectivity index (χ0n) is 20.2. The Morgan fingerprint density at radius 3 is 2.54 bits per heavy atom. The summed E-state index contributed by atoms with van der Waals surface area (Å²) < 4.78 is 15.3. The molecule has 0 saturated heterocycles. The second-order valence-electron chi connectivity index (χ2n) is 8.79. The maximum absolute atomic E-state index is 10.6. The first-order valence-corrected chi connectivity index (χ1v) is 13.4. The molecule has 0 bridgehead atoms. The van der Waals surface area contributed by atoms with E-state index in [2.05, 4.69) is 84.0 Å². The topological polar surface area (TPSA) is 71.5 Å². The van der Waals surface area contributed by atoms with Crippen molar-refractivity contribution in [3.8, 4) is 11.1 Å². The van der Waals surface area contributed by atoms with Crippen LogP contribution in [0.15, 0.2) is 79.0 Å². The van der Waals surface area contributed by atoms with Gasteiger partial charge in [-0.05, 0) is 78.6 Å². The molecule has 4 rings (SSSR count). The van der Waals surface area contributed by atoms with Crippen LogP contribution in [0.5, 0.6) is 0 Å². The fourth-order valence-corrected chi connectivity index (χ4v) is 4.75. The molecule has 0 amide bonds. The van der Waals surface area contributed by atoms with Gasteiger partial charge in [-0.3, -0.25) is 9.55 Å². The van der Waals surface area contributed by atoms with Crippen molar-refractivity contribution in [2.75, 3.05) is 13.2 Å². The minimum atomic E-state index is -2.84. The van der Waals surface area contributed by atoms with Crippen LogP contribution in [0.1, 0.15) is 35.1 Å². The lowest BCUT2D eigenvalue weighted by atomic mass is 9.95. The zero-order valence-corrected chi connectivity index (χ0v) is 21.2. The monoisotopic (exact) mass is 488 g/mol. The second-order valence-corrected chi connectivity index (χ2v) is 9.61. The summed E-state index contributed by atoms with van der Waals surface area (Å²) in [5, 5.41) is 4.52. The highest BCUT2D eigenvalue weighted by Crippen LogP contribution is 2.30. The number of aryl methyl sites for hydroxylation is 3. The van der Waals surface area contributed by atoms with E-state index in [4.69, 9.17) is 9.42 Å². The minimum absolute atomic E-state index is 0.279. The van der Waals surface area contributed by atoms with Crippen molar-refractivity contribution in [2.24, 2.45) is 0 Å². The second kappa shape index (κ2) is 12.8. The van der Waals surface area contributed by atoms with Crippen molar-refractivity contribution >= 4 is 19.2 Å². The van der Waals surface area contributed by atoms with Gasteiger partial charge in [0, 0.05) is 18.1 Å². The van der Waals surface area contributed by atoms with Crippen molar-refractivity contribution in [1.29, 1.82) is 0 Å². The fraction of sp³-hybridized carbons (Fsp3) is 0.276. The maximum Gasteiger partial charge on any atom is 0.316 e. The molecule has 182 valence electrons. The van der Waals surface area contributed by atoms with Crippen molar-refractivity contribution in [3.05, 3.63) is 101 Å².